The first-order valence-electron chi connectivity index (χ1n) is 11.3. The molecule has 2 atom stereocenters. The number of fused-ring (bicyclic) bond motifs is 1. The van der Waals surface area contributed by atoms with Crippen LogP contribution in [0.3, 0.4) is 0 Å². The predicted octanol–water partition coefficient (Wildman–Crippen LogP) is 4.66. The average molecular weight is 470 g/mol. The molecule has 7 nitrogen and oxygen atoms in total. The maximum atomic E-state index is 12.9. The second-order valence-electron chi connectivity index (χ2n) is 8.48. The number of carbonyl (C=O) groups excluding carboxylic acids is 1. The van der Waals surface area contributed by atoms with Crippen molar-refractivity contribution >= 4 is 17.6 Å². The molecule has 1 aromatic heterocycles. The standard InChI is InChI=1S/C28H27N3O4/c1-17-22(11-19-12-25(34-2)28(33)26(13-19)35-3)21-8-7-18(15-29)10-24(21)23(17)14-27(32)31-16-20-6-4-5-9-30-20/h4-13,17,23,33H,14,16H2,1-3H3,(H,31,32)/b22-11-. The largest absolute Gasteiger partial charge is 0.502 e. The molecule has 35 heavy (non-hydrogen) atoms. The molecule has 1 heterocycles. The summed E-state index contributed by atoms with van der Waals surface area (Å²) in [5.74, 6) is 0.424. The van der Waals surface area contributed by atoms with Gasteiger partial charge in [-0.25, -0.2) is 0 Å². The van der Waals surface area contributed by atoms with Crippen molar-refractivity contribution in [3.05, 3.63) is 82.7 Å². The smallest absolute Gasteiger partial charge is 0.220 e. The number of ether oxygens (including phenoxy) is 2. The number of aromatic hydroxyl groups is 1. The van der Waals surface area contributed by atoms with E-state index < -0.39 is 0 Å². The molecule has 1 amide bonds. The van der Waals surface area contributed by atoms with Crippen LogP contribution in [0.1, 0.15) is 47.2 Å². The number of hydrogen-bond donors (Lipinski definition) is 2. The number of pyridine rings is 1. The van der Waals surface area contributed by atoms with Gasteiger partial charge in [0.05, 0.1) is 38.1 Å². The monoisotopic (exact) mass is 469 g/mol. The van der Waals surface area contributed by atoms with Gasteiger partial charge in [0.25, 0.3) is 0 Å². The number of nitriles is 1. The number of hydrogen-bond acceptors (Lipinski definition) is 6. The van der Waals surface area contributed by atoms with Gasteiger partial charge < -0.3 is 19.9 Å². The zero-order valence-corrected chi connectivity index (χ0v) is 19.9. The third kappa shape index (κ3) is 4.97. The minimum absolute atomic E-state index is 0.0188. The molecule has 7 heteroatoms. The van der Waals surface area contributed by atoms with Gasteiger partial charge in [-0.1, -0.05) is 25.1 Å². The third-order valence-electron chi connectivity index (χ3n) is 6.41. The number of nitrogens with one attached hydrogen (secondary N) is 1. The van der Waals surface area contributed by atoms with Gasteiger partial charge in [0.15, 0.2) is 11.5 Å². The summed E-state index contributed by atoms with van der Waals surface area (Å²) in [7, 11) is 2.98. The minimum Gasteiger partial charge on any atom is -0.502 e. The molecule has 1 aliphatic rings. The van der Waals surface area contributed by atoms with E-state index in [-0.39, 0.29) is 29.9 Å². The molecule has 2 unspecified atom stereocenters. The first-order chi connectivity index (χ1) is 16.9. The zero-order chi connectivity index (χ0) is 24.9. The van der Waals surface area contributed by atoms with Crippen LogP contribution in [0.15, 0.2) is 54.7 Å². The van der Waals surface area contributed by atoms with Gasteiger partial charge in [0, 0.05) is 12.6 Å². The van der Waals surface area contributed by atoms with Crippen LogP contribution in [0.4, 0.5) is 0 Å². The number of phenols is 1. The Morgan fingerprint density at radius 1 is 1.17 bits per heavy atom. The third-order valence-corrected chi connectivity index (χ3v) is 6.41. The number of carbonyl (C=O) groups is 1. The fourth-order valence-electron chi connectivity index (χ4n) is 4.57. The first kappa shape index (κ1) is 23.8. The number of amides is 1. The fourth-order valence-corrected chi connectivity index (χ4v) is 4.57. The molecule has 0 bridgehead atoms. The fraction of sp³-hybridized carbons (Fsp3) is 0.250. The topological polar surface area (TPSA) is 104 Å². The molecule has 1 aliphatic carbocycles. The Labute approximate surface area is 204 Å². The lowest BCUT2D eigenvalue weighted by atomic mass is 9.88. The van der Waals surface area contributed by atoms with E-state index in [0.717, 1.165) is 28.0 Å². The van der Waals surface area contributed by atoms with Crippen LogP contribution >= 0.6 is 0 Å². The summed E-state index contributed by atoms with van der Waals surface area (Å²) in [4.78, 5) is 17.1. The van der Waals surface area contributed by atoms with Gasteiger partial charge in [-0.05, 0) is 70.5 Å². The van der Waals surface area contributed by atoms with Crippen molar-refractivity contribution in [2.45, 2.75) is 25.8 Å². The molecular formula is C28H27N3O4. The van der Waals surface area contributed by atoms with Gasteiger partial charge in [0.1, 0.15) is 0 Å². The van der Waals surface area contributed by atoms with Crippen LogP contribution < -0.4 is 14.8 Å². The first-order valence-corrected chi connectivity index (χ1v) is 11.3. The van der Waals surface area contributed by atoms with Crippen molar-refractivity contribution in [3.63, 3.8) is 0 Å². The number of phenolic OH excluding ortho intramolecular Hbond substituents is 1. The van der Waals surface area contributed by atoms with Crippen LogP contribution in [0.25, 0.3) is 11.6 Å². The van der Waals surface area contributed by atoms with E-state index in [9.17, 15) is 15.2 Å². The second-order valence-corrected chi connectivity index (χ2v) is 8.48. The van der Waals surface area contributed by atoms with Crippen LogP contribution in [0, 0.1) is 17.2 Å². The van der Waals surface area contributed by atoms with E-state index in [1.165, 1.54) is 14.2 Å². The second kappa shape index (κ2) is 10.3. The lowest BCUT2D eigenvalue weighted by Crippen LogP contribution is -2.25. The maximum absolute atomic E-state index is 12.9. The van der Waals surface area contributed by atoms with E-state index in [4.69, 9.17) is 9.47 Å². The van der Waals surface area contributed by atoms with Crippen molar-refractivity contribution in [2.24, 2.45) is 5.92 Å². The molecule has 0 saturated carbocycles. The number of methoxy groups -OCH3 is 2. The Morgan fingerprint density at radius 2 is 1.91 bits per heavy atom. The summed E-state index contributed by atoms with van der Waals surface area (Å²) in [5.41, 5.74) is 5.18. The number of allylic oxidation sites excluding steroid dienone is 1. The van der Waals surface area contributed by atoms with Gasteiger partial charge in [0.2, 0.25) is 11.7 Å². The van der Waals surface area contributed by atoms with E-state index >= 15 is 0 Å². The van der Waals surface area contributed by atoms with Crippen molar-refractivity contribution < 1.29 is 19.4 Å². The normalized spacial score (nSPS) is 17.5. The maximum Gasteiger partial charge on any atom is 0.220 e. The molecule has 2 aromatic carbocycles. The van der Waals surface area contributed by atoms with Gasteiger partial charge in [-0.15, -0.1) is 0 Å². The highest BCUT2D eigenvalue weighted by molar-refractivity contribution is 5.90. The molecule has 2 N–H and O–H groups in total. The summed E-state index contributed by atoms with van der Waals surface area (Å²) in [6.07, 6.45) is 4.01. The van der Waals surface area contributed by atoms with E-state index in [0.29, 0.717) is 23.6 Å². The Hall–Kier alpha value is -4.31. The summed E-state index contributed by atoms with van der Waals surface area (Å²) in [6.45, 7) is 2.45. The van der Waals surface area contributed by atoms with Gasteiger partial charge in [-0.2, -0.15) is 5.26 Å². The molecule has 0 fully saturated rings. The number of nitrogens with zero attached hydrogens (tertiary/aromatic N) is 2. The lowest BCUT2D eigenvalue weighted by Gasteiger charge is -2.17. The average Bonchev–Trinajstić information content (AvgIpc) is 3.13. The predicted molar refractivity (Wildman–Crippen MR) is 133 cm³/mol. The Kier molecular flexibility index (Phi) is 7.02. The van der Waals surface area contributed by atoms with Gasteiger partial charge >= 0.3 is 0 Å². The van der Waals surface area contributed by atoms with E-state index in [2.05, 4.69) is 23.3 Å². The molecule has 0 spiro atoms. The quantitative estimate of drug-likeness (QED) is 0.522. The van der Waals surface area contributed by atoms with Crippen LogP contribution in [0.5, 0.6) is 17.2 Å². The highest BCUT2D eigenvalue weighted by Gasteiger charge is 2.35. The lowest BCUT2D eigenvalue weighted by molar-refractivity contribution is -0.121. The van der Waals surface area contributed by atoms with E-state index in [1.807, 2.05) is 36.4 Å². The Balaban J connectivity index is 1.66. The van der Waals surface area contributed by atoms with E-state index in [1.54, 1.807) is 24.4 Å². The number of aromatic nitrogens is 1. The zero-order valence-electron chi connectivity index (χ0n) is 19.9. The highest BCUT2D eigenvalue weighted by Crippen LogP contribution is 2.49. The van der Waals surface area contributed by atoms with Crippen LogP contribution in [-0.2, 0) is 11.3 Å². The molecule has 178 valence electrons. The molecule has 3 aromatic rings. The molecule has 0 radical (unpaired) electrons. The Morgan fingerprint density at radius 3 is 2.54 bits per heavy atom. The molecule has 0 saturated heterocycles. The summed E-state index contributed by atoms with van der Waals surface area (Å²) < 4.78 is 10.6. The summed E-state index contributed by atoms with van der Waals surface area (Å²) in [6, 6.07) is 16.9. The number of benzene rings is 2. The van der Waals surface area contributed by atoms with Gasteiger partial charge in [-0.3, -0.25) is 9.78 Å². The van der Waals surface area contributed by atoms with Crippen molar-refractivity contribution in [3.8, 4) is 23.3 Å². The van der Waals surface area contributed by atoms with Crippen molar-refractivity contribution in [1.29, 1.82) is 5.26 Å². The SMILES string of the molecule is COc1cc(/C=C2\c3ccc(C#N)cc3C(CC(=O)NCc3ccccn3)C2C)cc(OC)c1O. The summed E-state index contributed by atoms with van der Waals surface area (Å²) >= 11 is 0. The number of rotatable bonds is 7. The molecule has 4 rings (SSSR count). The highest BCUT2D eigenvalue weighted by atomic mass is 16.5. The van der Waals surface area contributed by atoms with Crippen molar-refractivity contribution in [1.82, 2.24) is 10.3 Å². The molecular weight excluding hydrogens is 442 g/mol. The van der Waals surface area contributed by atoms with Crippen molar-refractivity contribution in [2.75, 3.05) is 14.2 Å². The van der Waals surface area contributed by atoms with Crippen LogP contribution in [0.2, 0.25) is 0 Å². The summed E-state index contributed by atoms with van der Waals surface area (Å²) in [5, 5.41) is 22.7. The molecule has 0 aliphatic heterocycles. The Bertz CT molecular complexity index is 1290. The van der Waals surface area contributed by atoms with Crippen LogP contribution in [-0.4, -0.2) is 30.2 Å². The minimum atomic E-state index is -0.0887.